The maximum Gasteiger partial charge on any atom is 0.161 e. The van der Waals surface area contributed by atoms with Crippen molar-refractivity contribution in [3.05, 3.63) is 23.3 Å². The number of likely N-dealkylation sites (N-methyl/N-ethyl adjacent to an activating group) is 1. The van der Waals surface area contributed by atoms with E-state index in [4.69, 9.17) is 15.2 Å². The van der Waals surface area contributed by atoms with Crippen LogP contribution >= 0.6 is 0 Å². The smallest absolute Gasteiger partial charge is 0.161 e. The van der Waals surface area contributed by atoms with Crippen molar-refractivity contribution < 1.29 is 14.6 Å². The Kier molecular flexibility index (Phi) is 4.29. The van der Waals surface area contributed by atoms with Crippen LogP contribution in [-0.4, -0.2) is 50.0 Å². The molecule has 0 aromatic heterocycles. The van der Waals surface area contributed by atoms with Gasteiger partial charge in [-0.1, -0.05) is 0 Å². The Balaban J connectivity index is 2.42. The van der Waals surface area contributed by atoms with Gasteiger partial charge in [0.05, 0.1) is 12.6 Å². The minimum Gasteiger partial charge on any atom is -0.486 e. The third-order valence-electron chi connectivity index (χ3n) is 3.42. The molecule has 1 aromatic rings. The molecule has 0 amide bonds. The topological polar surface area (TPSA) is 68.0 Å². The number of nitrogens with zero attached hydrogens (tertiary/aromatic N) is 1. The molecule has 2 rings (SSSR count). The van der Waals surface area contributed by atoms with Gasteiger partial charge in [-0.2, -0.15) is 0 Å². The highest BCUT2D eigenvalue weighted by Crippen LogP contribution is 2.36. The number of fused-ring (bicyclic) bond motifs is 1. The van der Waals surface area contributed by atoms with E-state index in [1.165, 1.54) is 0 Å². The molecule has 2 unspecified atom stereocenters. The quantitative estimate of drug-likeness (QED) is 0.839. The minimum atomic E-state index is -0.337. The lowest BCUT2D eigenvalue weighted by atomic mass is 9.94. The van der Waals surface area contributed by atoms with E-state index in [0.717, 1.165) is 22.6 Å². The van der Waals surface area contributed by atoms with Gasteiger partial charge in [-0.25, -0.2) is 0 Å². The van der Waals surface area contributed by atoms with Crippen molar-refractivity contribution in [3.63, 3.8) is 0 Å². The predicted octanol–water partition coefficient (Wildman–Crippen LogP) is 0.689. The molecule has 1 heterocycles. The molecule has 0 bridgehead atoms. The Morgan fingerprint density at radius 1 is 1.26 bits per heavy atom. The van der Waals surface area contributed by atoms with Gasteiger partial charge < -0.3 is 25.2 Å². The first-order valence-electron chi connectivity index (χ1n) is 6.47. The molecule has 2 atom stereocenters. The first-order valence-corrected chi connectivity index (χ1v) is 6.47. The van der Waals surface area contributed by atoms with Gasteiger partial charge >= 0.3 is 0 Å². The summed E-state index contributed by atoms with van der Waals surface area (Å²) in [5.41, 5.74) is 8.19. The molecule has 5 heteroatoms. The molecule has 1 aromatic carbocycles. The molecule has 5 nitrogen and oxygen atoms in total. The largest absolute Gasteiger partial charge is 0.486 e. The Morgan fingerprint density at radius 2 is 1.84 bits per heavy atom. The summed E-state index contributed by atoms with van der Waals surface area (Å²) in [7, 11) is 3.91. The van der Waals surface area contributed by atoms with E-state index in [9.17, 15) is 5.11 Å². The first kappa shape index (κ1) is 14.1. The summed E-state index contributed by atoms with van der Waals surface area (Å²) in [6.45, 7) is 3.11. The SMILES string of the molecule is Cc1cc2c(cc1C(C(N)CO)N(C)C)OCCO2. The Labute approximate surface area is 113 Å². The number of hydrogen-bond donors (Lipinski definition) is 2. The summed E-state index contributed by atoms with van der Waals surface area (Å²) >= 11 is 0. The second-order valence-electron chi connectivity index (χ2n) is 5.11. The van der Waals surface area contributed by atoms with Crippen molar-refractivity contribution in [2.24, 2.45) is 5.73 Å². The van der Waals surface area contributed by atoms with Gasteiger partial charge in [0.15, 0.2) is 11.5 Å². The minimum absolute atomic E-state index is 0.0548. The highest BCUT2D eigenvalue weighted by Gasteiger charge is 2.25. The Bertz CT molecular complexity index is 449. The monoisotopic (exact) mass is 266 g/mol. The third kappa shape index (κ3) is 2.83. The summed E-state index contributed by atoms with van der Waals surface area (Å²) in [4.78, 5) is 2.01. The number of aryl methyl sites for hydroxylation is 1. The van der Waals surface area contributed by atoms with Crippen LogP contribution in [0.2, 0.25) is 0 Å². The van der Waals surface area contributed by atoms with Crippen LogP contribution in [0, 0.1) is 6.92 Å². The van der Waals surface area contributed by atoms with E-state index in [1.54, 1.807) is 0 Å². The van der Waals surface area contributed by atoms with Crippen LogP contribution in [0.4, 0.5) is 0 Å². The number of aliphatic hydroxyl groups excluding tert-OH is 1. The normalized spacial score (nSPS) is 17.4. The lowest BCUT2D eigenvalue weighted by Crippen LogP contribution is -2.40. The summed E-state index contributed by atoms with van der Waals surface area (Å²) in [6, 6.07) is 3.56. The van der Waals surface area contributed by atoms with Gasteiger partial charge in [-0.05, 0) is 44.3 Å². The van der Waals surface area contributed by atoms with Gasteiger partial charge in [0.2, 0.25) is 0 Å². The number of hydrogen-bond acceptors (Lipinski definition) is 5. The Hall–Kier alpha value is -1.30. The lowest BCUT2D eigenvalue weighted by Gasteiger charge is -2.31. The second-order valence-corrected chi connectivity index (χ2v) is 5.11. The van der Waals surface area contributed by atoms with Crippen molar-refractivity contribution in [2.75, 3.05) is 33.9 Å². The van der Waals surface area contributed by atoms with Gasteiger partial charge in [0.25, 0.3) is 0 Å². The lowest BCUT2D eigenvalue weighted by molar-refractivity contribution is 0.167. The molecule has 0 spiro atoms. The molecule has 19 heavy (non-hydrogen) atoms. The molecule has 0 radical (unpaired) electrons. The molecule has 1 aliphatic rings. The molecular formula is C14H22N2O3. The average Bonchev–Trinajstić information content (AvgIpc) is 2.39. The van der Waals surface area contributed by atoms with Crippen molar-refractivity contribution in [2.45, 2.75) is 19.0 Å². The second kappa shape index (κ2) is 5.77. The van der Waals surface area contributed by atoms with Crippen LogP contribution < -0.4 is 15.2 Å². The molecule has 0 fully saturated rings. The van der Waals surface area contributed by atoms with Crippen LogP contribution in [0.25, 0.3) is 0 Å². The number of benzene rings is 1. The Morgan fingerprint density at radius 3 is 2.37 bits per heavy atom. The van der Waals surface area contributed by atoms with E-state index >= 15 is 0 Å². The van der Waals surface area contributed by atoms with Crippen LogP contribution in [0.5, 0.6) is 11.5 Å². The van der Waals surface area contributed by atoms with E-state index in [1.807, 2.05) is 38.1 Å². The maximum atomic E-state index is 9.34. The summed E-state index contributed by atoms with van der Waals surface area (Å²) in [5, 5.41) is 9.34. The van der Waals surface area contributed by atoms with Crippen LogP contribution in [-0.2, 0) is 0 Å². The maximum absolute atomic E-state index is 9.34. The van der Waals surface area contributed by atoms with Crippen molar-refractivity contribution in [1.82, 2.24) is 4.90 Å². The zero-order chi connectivity index (χ0) is 14.0. The molecule has 0 saturated carbocycles. The summed E-state index contributed by atoms with van der Waals surface area (Å²) in [6.07, 6.45) is 0. The molecule has 0 saturated heterocycles. The predicted molar refractivity (Wildman–Crippen MR) is 73.7 cm³/mol. The average molecular weight is 266 g/mol. The first-order chi connectivity index (χ1) is 9.04. The number of ether oxygens (including phenoxy) is 2. The fourth-order valence-electron chi connectivity index (χ4n) is 2.52. The van der Waals surface area contributed by atoms with Crippen LogP contribution in [0.15, 0.2) is 12.1 Å². The zero-order valence-electron chi connectivity index (χ0n) is 11.7. The standard InChI is InChI=1S/C14H22N2O3/c1-9-6-12-13(19-5-4-18-12)7-10(9)14(16(2)3)11(15)8-17/h6-7,11,14,17H,4-5,8,15H2,1-3H3. The molecule has 1 aliphatic heterocycles. The molecule has 3 N–H and O–H groups in total. The van der Waals surface area contributed by atoms with Gasteiger partial charge in [0.1, 0.15) is 13.2 Å². The van der Waals surface area contributed by atoms with Crippen molar-refractivity contribution in [3.8, 4) is 11.5 Å². The van der Waals surface area contributed by atoms with E-state index in [2.05, 4.69) is 0 Å². The molecular weight excluding hydrogens is 244 g/mol. The fourth-order valence-corrected chi connectivity index (χ4v) is 2.52. The van der Waals surface area contributed by atoms with Gasteiger partial charge in [-0.3, -0.25) is 0 Å². The van der Waals surface area contributed by atoms with Gasteiger partial charge in [-0.15, -0.1) is 0 Å². The molecule has 0 aliphatic carbocycles. The van der Waals surface area contributed by atoms with E-state index < -0.39 is 0 Å². The fraction of sp³-hybridized carbons (Fsp3) is 0.571. The number of rotatable bonds is 4. The number of nitrogens with two attached hydrogens (primary N) is 1. The van der Waals surface area contributed by atoms with Crippen molar-refractivity contribution >= 4 is 0 Å². The highest BCUT2D eigenvalue weighted by atomic mass is 16.6. The zero-order valence-corrected chi connectivity index (χ0v) is 11.7. The van der Waals surface area contributed by atoms with E-state index in [0.29, 0.717) is 13.2 Å². The third-order valence-corrected chi connectivity index (χ3v) is 3.42. The van der Waals surface area contributed by atoms with Crippen molar-refractivity contribution in [1.29, 1.82) is 0 Å². The van der Waals surface area contributed by atoms with Gasteiger partial charge in [0, 0.05) is 6.04 Å². The van der Waals surface area contributed by atoms with Crippen LogP contribution in [0.1, 0.15) is 17.2 Å². The summed E-state index contributed by atoms with van der Waals surface area (Å²) in [5.74, 6) is 1.53. The number of aliphatic hydroxyl groups is 1. The van der Waals surface area contributed by atoms with E-state index in [-0.39, 0.29) is 18.7 Å². The highest BCUT2D eigenvalue weighted by molar-refractivity contribution is 5.49. The molecule has 106 valence electrons. The summed E-state index contributed by atoms with van der Waals surface area (Å²) < 4.78 is 11.2. The van der Waals surface area contributed by atoms with Crippen LogP contribution in [0.3, 0.4) is 0 Å².